The van der Waals surface area contributed by atoms with Crippen molar-refractivity contribution in [2.75, 3.05) is 0 Å². The van der Waals surface area contributed by atoms with E-state index < -0.39 is 17.3 Å². The fraction of sp³-hybridized carbons (Fsp3) is 0.200. The summed E-state index contributed by atoms with van der Waals surface area (Å²) in [6.45, 7) is 0. The highest BCUT2D eigenvalue weighted by Gasteiger charge is 2.31. The quantitative estimate of drug-likeness (QED) is 0.251. The minimum absolute atomic E-state index is 0.0262. The first-order chi connectivity index (χ1) is 10.3. The van der Waals surface area contributed by atoms with Gasteiger partial charge in [-0.3, -0.25) is 4.79 Å². The Bertz CT molecular complexity index is 755. The van der Waals surface area contributed by atoms with Crippen molar-refractivity contribution in [3.05, 3.63) is 39.4 Å². The molecular weight excluding hydrogens is 327 g/mol. The topological polar surface area (TPSA) is 130 Å². The van der Waals surface area contributed by atoms with E-state index in [2.05, 4.69) is 25.1 Å². The molecule has 2 aromatic heterocycles. The van der Waals surface area contributed by atoms with E-state index in [4.69, 9.17) is 10.9 Å². The van der Waals surface area contributed by atoms with E-state index >= 15 is 0 Å². The minimum Gasteiger partial charge on any atom is -0.409 e. The number of oxime groups is 1. The Morgan fingerprint density at radius 2 is 2.18 bits per heavy atom. The van der Waals surface area contributed by atoms with Gasteiger partial charge in [-0.25, -0.2) is 4.63 Å². The fourth-order valence-corrected chi connectivity index (χ4v) is 2.28. The Kier molecular flexibility index (Phi) is 4.40. The summed E-state index contributed by atoms with van der Waals surface area (Å²) >= 11 is 0.902. The number of alkyl halides is 3. The minimum atomic E-state index is -4.62. The van der Waals surface area contributed by atoms with Gasteiger partial charge in [-0.1, -0.05) is 16.9 Å². The highest BCUT2D eigenvalue weighted by atomic mass is 32.2. The van der Waals surface area contributed by atoms with Crippen molar-refractivity contribution >= 4 is 17.6 Å². The van der Waals surface area contributed by atoms with Crippen LogP contribution >= 0.6 is 11.8 Å². The summed E-state index contributed by atoms with van der Waals surface area (Å²) < 4.78 is 42.3. The van der Waals surface area contributed by atoms with E-state index in [1.54, 1.807) is 0 Å². The lowest BCUT2D eigenvalue weighted by molar-refractivity contribution is -0.137. The Balaban J connectivity index is 2.21. The second-order valence-corrected chi connectivity index (χ2v) is 4.91. The molecule has 22 heavy (non-hydrogen) atoms. The van der Waals surface area contributed by atoms with Crippen LogP contribution in [-0.4, -0.2) is 26.3 Å². The molecule has 0 fully saturated rings. The van der Waals surface area contributed by atoms with Crippen molar-refractivity contribution in [2.24, 2.45) is 10.9 Å². The maximum Gasteiger partial charge on any atom is 0.416 e. The van der Waals surface area contributed by atoms with E-state index in [1.807, 2.05) is 0 Å². The average molecular weight is 335 g/mol. The van der Waals surface area contributed by atoms with Crippen LogP contribution < -0.4 is 11.3 Å². The summed E-state index contributed by atoms with van der Waals surface area (Å²) in [7, 11) is 0. The average Bonchev–Trinajstić information content (AvgIpc) is 2.91. The van der Waals surface area contributed by atoms with Crippen molar-refractivity contribution in [3.63, 3.8) is 0 Å². The summed E-state index contributed by atoms with van der Waals surface area (Å²) in [6, 6.07) is 1.28. The Morgan fingerprint density at radius 3 is 2.82 bits per heavy atom. The number of aromatic amines is 1. The van der Waals surface area contributed by atoms with Crippen LogP contribution in [0.25, 0.3) is 0 Å². The lowest BCUT2D eigenvalue weighted by atomic mass is 10.2. The van der Waals surface area contributed by atoms with Crippen molar-refractivity contribution in [2.45, 2.75) is 17.0 Å². The first kappa shape index (κ1) is 15.9. The molecule has 0 unspecified atom stereocenters. The molecule has 118 valence electrons. The maximum absolute atomic E-state index is 12.6. The number of nitrogens with two attached hydrogens (primary N) is 1. The molecule has 4 N–H and O–H groups in total. The van der Waals surface area contributed by atoms with E-state index in [1.165, 1.54) is 0 Å². The van der Waals surface area contributed by atoms with E-state index in [9.17, 15) is 18.0 Å². The molecule has 2 rings (SSSR count). The van der Waals surface area contributed by atoms with Gasteiger partial charge in [0.15, 0.2) is 16.6 Å². The van der Waals surface area contributed by atoms with Crippen LogP contribution in [0.4, 0.5) is 13.2 Å². The molecule has 0 amide bonds. The zero-order chi connectivity index (χ0) is 16.3. The monoisotopic (exact) mass is 335 g/mol. The number of pyridine rings is 1. The van der Waals surface area contributed by atoms with Gasteiger partial charge in [0.1, 0.15) is 0 Å². The first-order valence-electron chi connectivity index (χ1n) is 5.55. The number of nitrogens with zero attached hydrogens (tertiary/aromatic N) is 3. The van der Waals surface area contributed by atoms with Crippen LogP contribution in [-0.2, 0) is 11.9 Å². The van der Waals surface area contributed by atoms with Gasteiger partial charge in [0.05, 0.1) is 5.56 Å². The molecule has 0 radical (unpaired) electrons. The number of H-pyrrole nitrogens is 1. The smallest absolute Gasteiger partial charge is 0.409 e. The van der Waals surface area contributed by atoms with Gasteiger partial charge in [-0.05, 0) is 16.4 Å². The molecule has 12 heteroatoms. The predicted molar refractivity (Wildman–Crippen MR) is 68.4 cm³/mol. The van der Waals surface area contributed by atoms with Crippen molar-refractivity contribution in [1.82, 2.24) is 15.3 Å². The largest absolute Gasteiger partial charge is 0.416 e. The molecular formula is C10H8F3N5O3S. The van der Waals surface area contributed by atoms with Gasteiger partial charge >= 0.3 is 6.18 Å². The predicted octanol–water partition coefficient (Wildman–Crippen LogP) is 1.16. The van der Waals surface area contributed by atoms with Gasteiger partial charge in [0.25, 0.3) is 0 Å². The van der Waals surface area contributed by atoms with Crippen LogP contribution in [0.15, 0.2) is 31.7 Å². The van der Waals surface area contributed by atoms with Gasteiger partial charge in [-0.15, -0.1) is 0 Å². The lowest BCUT2D eigenvalue weighted by Gasteiger charge is -2.07. The highest BCUT2D eigenvalue weighted by molar-refractivity contribution is 7.98. The van der Waals surface area contributed by atoms with Crippen molar-refractivity contribution < 1.29 is 23.0 Å². The Labute approximate surface area is 124 Å². The molecule has 2 aromatic rings. The van der Waals surface area contributed by atoms with E-state index in [0.717, 1.165) is 17.8 Å². The number of amidine groups is 1. The summed E-state index contributed by atoms with van der Waals surface area (Å²) in [5.74, 6) is -0.416. The van der Waals surface area contributed by atoms with Gasteiger partial charge in [0, 0.05) is 17.5 Å². The fourth-order valence-electron chi connectivity index (χ4n) is 1.47. The number of nitrogens with one attached hydrogen (secondary N) is 1. The Morgan fingerprint density at radius 1 is 1.45 bits per heavy atom. The lowest BCUT2D eigenvalue weighted by Crippen LogP contribution is -2.15. The summed E-state index contributed by atoms with van der Waals surface area (Å²) in [4.78, 5) is 13.5. The van der Waals surface area contributed by atoms with Crippen LogP contribution in [0.2, 0.25) is 0 Å². The molecule has 8 nitrogen and oxygen atoms in total. The maximum atomic E-state index is 12.6. The highest BCUT2D eigenvalue weighted by Crippen LogP contribution is 2.29. The number of hydrogen-bond acceptors (Lipinski definition) is 7. The zero-order valence-corrected chi connectivity index (χ0v) is 11.4. The van der Waals surface area contributed by atoms with E-state index in [0.29, 0.717) is 6.07 Å². The van der Waals surface area contributed by atoms with Gasteiger partial charge < -0.3 is 15.9 Å². The third-order valence-corrected chi connectivity index (χ3v) is 3.40. The Hall–Kier alpha value is -2.50. The van der Waals surface area contributed by atoms with Crippen LogP contribution in [0.5, 0.6) is 0 Å². The molecule has 0 atom stereocenters. The SMILES string of the molecule is N/C(=N\O)c1nonc1SCc1cc(C(F)(F)F)cc(=O)[nH]1. The standard InChI is InChI=1S/C10H8F3N5O3S/c11-10(12,13)4-1-5(15-6(19)2-4)3-22-9-7(8(14)16-20)17-21-18-9/h1-2,20H,3H2,(H2,14,16)(H,15,19). The number of aromatic nitrogens is 3. The molecule has 0 spiro atoms. The van der Waals surface area contributed by atoms with E-state index in [-0.39, 0.29) is 28.0 Å². The summed E-state index contributed by atoms with van der Waals surface area (Å²) in [5, 5.41) is 18.3. The second kappa shape index (κ2) is 6.09. The van der Waals surface area contributed by atoms with Crippen molar-refractivity contribution in [3.8, 4) is 0 Å². The van der Waals surface area contributed by atoms with Gasteiger partial charge in [0.2, 0.25) is 5.56 Å². The third kappa shape index (κ3) is 3.58. The zero-order valence-electron chi connectivity index (χ0n) is 10.6. The van der Waals surface area contributed by atoms with Crippen LogP contribution in [0.3, 0.4) is 0 Å². The molecule has 2 heterocycles. The molecule has 0 aliphatic rings. The van der Waals surface area contributed by atoms with Gasteiger partial charge in [-0.2, -0.15) is 13.2 Å². The molecule has 0 aliphatic carbocycles. The van der Waals surface area contributed by atoms with Crippen molar-refractivity contribution in [1.29, 1.82) is 0 Å². The summed E-state index contributed by atoms with van der Waals surface area (Å²) in [5.41, 5.74) is 3.38. The number of thioether (sulfide) groups is 1. The number of halogens is 3. The molecule has 0 aliphatic heterocycles. The number of hydrogen-bond donors (Lipinski definition) is 3. The molecule has 0 bridgehead atoms. The number of rotatable bonds is 4. The first-order valence-corrected chi connectivity index (χ1v) is 6.53. The second-order valence-electron chi connectivity index (χ2n) is 3.95. The molecule has 0 saturated heterocycles. The third-order valence-electron chi connectivity index (χ3n) is 2.40. The van der Waals surface area contributed by atoms with Crippen LogP contribution in [0.1, 0.15) is 17.0 Å². The summed E-state index contributed by atoms with van der Waals surface area (Å²) in [6.07, 6.45) is -4.62. The molecule has 0 aromatic carbocycles. The normalized spacial score (nSPS) is 12.6. The molecule has 0 saturated carbocycles. The van der Waals surface area contributed by atoms with Crippen LogP contribution in [0, 0.1) is 0 Å².